The van der Waals surface area contributed by atoms with E-state index in [2.05, 4.69) is 14.9 Å². The summed E-state index contributed by atoms with van der Waals surface area (Å²) >= 11 is 0. The van der Waals surface area contributed by atoms with Crippen LogP contribution in [0.4, 0.5) is 5.69 Å². The van der Waals surface area contributed by atoms with Gasteiger partial charge in [-0.05, 0) is 55.2 Å². The first-order chi connectivity index (χ1) is 10.9. The molecule has 3 aliphatic heterocycles. The Hall–Kier alpha value is -2.28. The number of nitrogens with zero attached hydrogens (tertiary/aromatic N) is 3. The lowest BCUT2D eigenvalue weighted by Gasteiger charge is -2.27. The number of fused-ring (bicyclic) bond motifs is 6. The van der Waals surface area contributed by atoms with Gasteiger partial charge in [-0.2, -0.15) is 0 Å². The Kier molecular flexibility index (Phi) is 2.17. The molecule has 0 spiro atoms. The van der Waals surface area contributed by atoms with E-state index in [1.807, 2.05) is 13.8 Å². The van der Waals surface area contributed by atoms with Crippen molar-refractivity contribution in [2.24, 2.45) is 11.8 Å². The second-order valence-electron chi connectivity index (χ2n) is 7.13. The monoisotopic (exact) mass is 313 g/mol. The number of anilines is 1. The number of benzene rings is 1. The first-order valence-electron chi connectivity index (χ1n) is 7.73. The second-order valence-corrected chi connectivity index (χ2v) is 7.13. The minimum absolute atomic E-state index is 0.179. The number of carbonyl (C=O) groups excluding carboxylic acids is 2. The van der Waals surface area contributed by atoms with Crippen molar-refractivity contribution < 1.29 is 19.0 Å². The summed E-state index contributed by atoms with van der Waals surface area (Å²) in [6.45, 7) is 3.89. The van der Waals surface area contributed by atoms with Gasteiger partial charge in [-0.15, -0.1) is 0 Å². The van der Waals surface area contributed by atoms with Crippen molar-refractivity contribution >= 4 is 28.5 Å². The summed E-state index contributed by atoms with van der Waals surface area (Å²) in [4.78, 5) is 27.2. The molecule has 2 bridgehead atoms. The van der Waals surface area contributed by atoms with Crippen LogP contribution in [-0.2, 0) is 14.3 Å². The molecule has 3 saturated heterocycles. The Morgan fingerprint density at radius 1 is 1.04 bits per heavy atom. The molecule has 5 rings (SSSR count). The third-order valence-corrected chi connectivity index (χ3v) is 5.70. The highest BCUT2D eigenvalue weighted by atomic mass is 16.6. The van der Waals surface area contributed by atoms with Crippen molar-refractivity contribution in [1.82, 2.24) is 10.3 Å². The van der Waals surface area contributed by atoms with Gasteiger partial charge in [0.25, 0.3) is 0 Å². The SMILES string of the molecule is CC12CCC(C)(O1)[C@H]1C(=O)N(c3ccc4nonc4c3)C(=O)[C@H]12. The molecule has 7 nitrogen and oxygen atoms in total. The maximum atomic E-state index is 13.0. The third-order valence-electron chi connectivity index (χ3n) is 5.70. The van der Waals surface area contributed by atoms with Crippen LogP contribution in [-0.4, -0.2) is 33.3 Å². The van der Waals surface area contributed by atoms with Crippen molar-refractivity contribution in [3.8, 4) is 0 Å². The molecule has 0 aliphatic carbocycles. The predicted octanol–water partition coefficient (Wildman–Crippen LogP) is 1.67. The summed E-state index contributed by atoms with van der Waals surface area (Å²) in [7, 11) is 0. The van der Waals surface area contributed by atoms with Gasteiger partial charge in [0.15, 0.2) is 0 Å². The summed E-state index contributed by atoms with van der Waals surface area (Å²) in [6, 6.07) is 5.07. The van der Waals surface area contributed by atoms with Crippen molar-refractivity contribution in [3.05, 3.63) is 18.2 Å². The number of ether oxygens (including phenoxy) is 1. The quantitative estimate of drug-likeness (QED) is 0.744. The number of hydrogen-bond donors (Lipinski definition) is 0. The van der Waals surface area contributed by atoms with Crippen molar-refractivity contribution in [2.75, 3.05) is 4.90 Å². The molecule has 118 valence electrons. The largest absolute Gasteiger partial charge is 0.367 e. The van der Waals surface area contributed by atoms with Crippen LogP contribution in [0.25, 0.3) is 11.0 Å². The smallest absolute Gasteiger partial charge is 0.240 e. The van der Waals surface area contributed by atoms with Crippen molar-refractivity contribution in [3.63, 3.8) is 0 Å². The summed E-state index contributed by atoms with van der Waals surface area (Å²) in [5, 5.41) is 7.53. The van der Waals surface area contributed by atoms with E-state index in [1.165, 1.54) is 4.90 Å². The van der Waals surface area contributed by atoms with Gasteiger partial charge in [-0.25, -0.2) is 9.53 Å². The molecule has 23 heavy (non-hydrogen) atoms. The van der Waals surface area contributed by atoms with Gasteiger partial charge >= 0.3 is 0 Å². The van der Waals surface area contributed by atoms with E-state index in [1.54, 1.807) is 18.2 Å². The van der Waals surface area contributed by atoms with Crippen molar-refractivity contribution in [1.29, 1.82) is 0 Å². The molecule has 0 N–H and O–H groups in total. The molecule has 2 aromatic rings. The summed E-state index contributed by atoms with van der Waals surface area (Å²) in [5.74, 6) is -1.16. The zero-order valence-corrected chi connectivity index (χ0v) is 12.8. The molecule has 4 heterocycles. The lowest BCUT2D eigenvalue weighted by atomic mass is 9.69. The van der Waals surface area contributed by atoms with Crippen LogP contribution in [0.1, 0.15) is 26.7 Å². The number of aromatic nitrogens is 2. The van der Waals surface area contributed by atoms with E-state index in [0.29, 0.717) is 16.7 Å². The molecular weight excluding hydrogens is 298 g/mol. The summed E-state index contributed by atoms with van der Waals surface area (Å²) in [6.07, 6.45) is 1.62. The highest BCUT2D eigenvalue weighted by molar-refractivity contribution is 6.23. The van der Waals surface area contributed by atoms with Crippen LogP contribution < -0.4 is 4.90 Å². The third kappa shape index (κ3) is 1.43. The average molecular weight is 313 g/mol. The second kappa shape index (κ2) is 3.79. The zero-order valence-electron chi connectivity index (χ0n) is 12.8. The molecule has 1 aromatic heterocycles. The standard InChI is InChI=1S/C16H15N3O4/c1-15-5-6-16(2,22-15)12-11(15)13(20)19(14(12)21)8-3-4-9-10(7-8)18-23-17-9/h3-4,7,11-12H,5-6H2,1-2H3/t11-,12+,15?,16?. The van der Waals surface area contributed by atoms with Gasteiger partial charge in [0, 0.05) is 0 Å². The first-order valence-corrected chi connectivity index (χ1v) is 7.73. The Morgan fingerprint density at radius 2 is 1.65 bits per heavy atom. The Labute approximate surface area is 131 Å². The van der Waals surface area contributed by atoms with E-state index >= 15 is 0 Å². The topological polar surface area (TPSA) is 85.5 Å². The normalized spacial score (nSPS) is 38.8. The Balaban J connectivity index is 1.63. The molecule has 7 heteroatoms. The Morgan fingerprint density at radius 3 is 2.30 bits per heavy atom. The van der Waals surface area contributed by atoms with Gasteiger partial charge in [0.05, 0.1) is 28.7 Å². The van der Waals surface area contributed by atoms with E-state index in [4.69, 9.17) is 4.74 Å². The highest BCUT2D eigenvalue weighted by Crippen LogP contribution is 2.60. The number of carbonyl (C=O) groups is 2. The molecule has 4 atom stereocenters. The predicted molar refractivity (Wildman–Crippen MR) is 78.4 cm³/mol. The molecule has 0 saturated carbocycles. The molecule has 2 amide bonds. The van der Waals surface area contributed by atoms with Gasteiger partial charge in [-0.1, -0.05) is 0 Å². The van der Waals surface area contributed by atoms with Crippen LogP contribution in [0.2, 0.25) is 0 Å². The highest BCUT2D eigenvalue weighted by Gasteiger charge is 2.72. The molecule has 3 aliphatic rings. The maximum absolute atomic E-state index is 13.0. The van der Waals surface area contributed by atoms with E-state index in [9.17, 15) is 9.59 Å². The fraction of sp³-hybridized carbons (Fsp3) is 0.500. The fourth-order valence-corrected chi connectivity index (χ4v) is 4.63. The van der Waals surface area contributed by atoms with Gasteiger partial charge in [0.1, 0.15) is 11.0 Å². The maximum Gasteiger partial charge on any atom is 0.240 e. The number of imide groups is 1. The van der Waals surface area contributed by atoms with E-state index < -0.39 is 23.0 Å². The number of amides is 2. The fourth-order valence-electron chi connectivity index (χ4n) is 4.63. The van der Waals surface area contributed by atoms with Crippen LogP contribution in [0.15, 0.2) is 22.8 Å². The first kappa shape index (κ1) is 13.2. The van der Waals surface area contributed by atoms with Crippen LogP contribution in [0, 0.1) is 11.8 Å². The lowest BCUT2D eigenvalue weighted by Crippen LogP contribution is -2.40. The molecular formula is C16H15N3O4. The van der Waals surface area contributed by atoms with Gasteiger partial charge in [0.2, 0.25) is 11.8 Å². The minimum Gasteiger partial charge on any atom is -0.367 e. The van der Waals surface area contributed by atoms with E-state index in [-0.39, 0.29) is 11.8 Å². The molecule has 0 radical (unpaired) electrons. The van der Waals surface area contributed by atoms with Gasteiger partial charge < -0.3 is 4.74 Å². The summed E-state index contributed by atoms with van der Waals surface area (Å²) in [5.41, 5.74) is 0.553. The summed E-state index contributed by atoms with van der Waals surface area (Å²) < 4.78 is 10.8. The van der Waals surface area contributed by atoms with Crippen LogP contribution in [0.3, 0.4) is 0 Å². The van der Waals surface area contributed by atoms with Crippen LogP contribution in [0.5, 0.6) is 0 Å². The lowest BCUT2D eigenvalue weighted by molar-refractivity contribution is -0.129. The number of rotatable bonds is 1. The van der Waals surface area contributed by atoms with Gasteiger partial charge in [-0.3, -0.25) is 9.59 Å². The Bertz CT molecular complexity index is 843. The molecule has 3 fully saturated rings. The molecule has 1 aromatic carbocycles. The van der Waals surface area contributed by atoms with Crippen LogP contribution >= 0.6 is 0 Å². The average Bonchev–Trinajstić information content (AvgIpc) is 3.19. The number of hydrogen-bond acceptors (Lipinski definition) is 6. The minimum atomic E-state index is -0.541. The van der Waals surface area contributed by atoms with E-state index in [0.717, 1.165) is 12.8 Å². The van der Waals surface area contributed by atoms with Crippen molar-refractivity contribution in [2.45, 2.75) is 37.9 Å². The molecule has 2 unspecified atom stereocenters. The zero-order chi connectivity index (χ0) is 16.0.